The van der Waals surface area contributed by atoms with E-state index in [1.807, 2.05) is 0 Å². The number of hydrogen-bond donors (Lipinski definition) is 1. The van der Waals surface area contributed by atoms with E-state index in [1.165, 1.54) is 19.3 Å². The Labute approximate surface area is 124 Å². The van der Waals surface area contributed by atoms with Crippen LogP contribution in [0.15, 0.2) is 0 Å². The van der Waals surface area contributed by atoms with Crippen LogP contribution in [0.1, 0.15) is 39.0 Å². The van der Waals surface area contributed by atoms with E-state index in [0.29, 0.717) is 12.2 Å². The van der Waals surface area contributed by atoms with Crippen LogP contribution in [0.3, 0.4) is 0 Å². The lowest BCUT2D eigenvalue weighted by atomic mass is 9.88. The minimum absolute atomic E-state index is 0.558. The Balaban J connectivity index is 0.000000444. The zero-order valence-electron chi connectivity index (χ0n) is 13.4. The summed E-state index contributed by atoms with van der Waals surface area (Å²) in [5.41, 5.74) is 5.03. The molecule has 1 heterocycles. The van der Waals surface area contributed by atoms with Gasteiger partial charge in [-0.15, -0.1) is 0 Å². The summed E-state index contributed by atoms with van der Waals surface area (Å²) in [7, 11) is 2.69. The van der Waals surface area contributed by atoms with Crippen LogP contribution in [-0.2, 0) is 18.0 Å². The number of ether oxygens (including phenoxy) is 1. The Kier molecular flexibility index (Phi) is 8.24. The predicted molar refractivity (Wildman–Crippen MR) is 81.6 cm³/mol. The van der Waals surface area contributed by atoms with Crippen LogP contribution in [0.25, 0.3) is 0 Å². The van der Waals surface area contributed by atoms with Gasteiger partial charge in [0, 0.05) is 27.4 Å². The van der Waals surface area contributed by atoms with E-state index in [2.05, 4.69) is 6.92 Å². The van der Waals surface area contributed by atoms with E-state index >= 15 is 0 Å². The molecule has 3 atom stereocenters. The Bertz CT molecular complexity index is 253. The van der Waals surface area contributed by atoms with Gasteiger partial charge in [0.15, 0.2) is 0 Å². The van der Waals surface area contributed by atoms with Gasteiger partial charge >= 0.3 is 8.80 Å². The van der Waals surface area contributed by atoms with E-state index in [9.17, 15) is 0 Å². The molecule has 1 saturated heterocycles. The van der Waals surface area contributed by atoms with E-state index in [4.69, 9.17) is 23.7 Å². The average molecular weight is 305 g/mol. The van der Waals surface area contributed by atoms with Crippen molar-refractivity contribution in [3.8, 4) is 0 Å². The van der Waals surface area contributed by atoms with Gasteiger partial charge in [-0.05, 0) is 44.6 Å². The van der Waals surface area contributed by atoms with Crippen molar-refractivity contribution in [1.29, 1.82) is 0 Å². The Morgan fingerprint density at radius 3 is 2.15 bits per heavy atom. The van der Waals surface area contributed by atoms with Gasteiger partial charge in [-0.25, -0.2) is 0 Å². The second-order valence-corrected chi connectivity index (χ2v) is 8.61. The van der Waals surface area contributed by atoms with Gasteiger partial charge in [0.05, 0.1) is 12.2 Å². The van der Waals surface area contributed by atoms with Crippen molar-refractivity contribution < 1.29 is 18.0 Å². The molecule has 0 aromatic heterocycles. The van der Waals surface area contributed by atoms with Crippen molar-refractivity contribution in [3.05, 3.63) is 0 Å². The summed E-state index contributed by atoms with van der Waals surface area (Å²) >= 11 is 0. The van der Waals surface area contributed by atoms with Crippen LogP contribution in [0.2, 0.25) is 6.04 Å². The number of hydrogen-bond acceptors (Lipinski definition) is 5. The molecule has 20 heavy (non-hydrogen) atoms. The molecular weight excluding hydrogens is 274 g/mol. The average Bonchev–Trinajstić information content (AvgIpc) is 3.28. The highest BCUT2D eigenvalue weighted by Gasteiger charge is 2.45. The lowest BCUT2D eigenvalue weighted by Gasteiger charge is -2.27. The minimum Gasteiger partial charge on any atom is -0.377 e. The van der Waals surface area contributed by atoms with Crippen molar-refractivity contribution >= 4 is 8.80 Å². The van der Waals surface area contributed by atoms with E-state index in [-0.39, 0.29) is 0 Å². The van der Waals surface area contributed by atoms with E-state index in [1.54, 1.807) is 21.3 Å². The first kappa shape index (κ1) is 18.1. The summed E-state index contributed by atoms with van der Waals surface area (Å²) in [5.74, 6) is 0.760. The summed E-state index contributed by atoms with van der Waals surface area (Å²) in [5, 5.41) is 0. The fourth-order valence-corrected chi connectivity index (χ4v) is 4.56. The van der Waals surface area contributed by atoms with Crippen LogP contribution < -0.4 is 5.73 Å². The zero-order valence-corrected chi connectivity index (χ0v) is 14.4. The molecule has 0 bridgehead atoms. The van der Waals surface area contributed by atoms with Crippen molar-refractivity contribution in [1.82, 2.24) is 0 Å². The van der Waals surface area contributed by atoms with Gasteiger partial charge in [-0.3, -0.25) is 0 Å². The van der Waals surface area contributed by atoms with Crippen LogP contribution in [0, 0.1) is 5.92 Å². The zero-order chi connectivity index (χ0) is 15.0. The maximum absolute atomic E-state index is 5.54. The van der Waals surface area contributed by atoms with Crippen LogP contribution in [0.4, 0.5) is 0 Å². The second-order valence-electron chi connectivity index (χ2n) is 5.51. The smallest absolute Gasteiger partial charge is 0.377 e. The topological polar surface area (TPSA) is 66.2 Å². The molecule has 6 heteroatoms. The molecule has 0 radical (unpaired) electrons. The summed E-state index contributed by atoms with van der Waals surface area (Å²) < 4.78 is 21.8. The minimum atomic E-state index is -2.35. The van der Waals surface area contributed by atoms with Gasteiger partial charge in [0.1, 0.15) is 0 Å². The fraction of sp³-hybridized carbons (Fsp3) is 1.00. The third-order valence-electron chi connectivity index (χ3n) is 4.19. The molecule has 0 aromatic rings. The SMILES string of the molecule is CCCN.CO[Si](CCC1CCC2OC2C1)(OC)OC. The van der Waals surface area contributed by atoms with Crippen LogP contribution >= 0.6 is 0 Å². The molecule has 1 saturated carbocycles. The lowest BCUT2D eigenvalue weighted by Crippen LogP contribution is -2.43. The molecule has 2 fully saturated rings. The van der Waals surface area contributed by atoms with Gasteiger partial charge < -0.3 is 23.7 Å². The third kappa shape index (κ3) is 5.42. The molecule has 0 spiro atoms. The van der Waals surface area contributed by atoms with E-state index in [0.717, 1.165) is 31.3 Å². The number of epoxide rings is 1. The number of fused-ring (bicyclic) bond motifs is 1. The van der Waals surface area contributed by atoms with Crippen molar-refractivity contribution in [2.75, 3.05) is 27.9 Å². The molecule has 120 valence electrons. The Hall–Kier alpha value is 0.0169. The highest BCUT2D eigenvalue weighted by molar-refractivity contribution is 6.60. The van der Waals surface area contributed by atoms with Crippen LogP contribution in [0.5, 0.6) is 0 Å². The highest BCUT2D eigenvalue weighted by Crippen LogP contribution is 2.41. The Morgan fingerprint density at radius 2 is 1.70 bits per heavy atom. The summed E-state index contributed by atoms with van der Waals surface area (Å²) in [6.45, 7) is 2.88. The highest BCUT2D eigenvalue weighted by atomic mass is 28.4. The van der Waals surface area contributed by atoms with Crippen molar-refractivity contribution in [3.63, 3.8) is 0 Å². The maximum atomic E-state index is 5.54. The molecule has 0 amide bonds. The molecule has 2 N–H and O–H groups in total. The molecule has 3 unspecified atom stereocenters. The Morgan fingerprint density at radius 1 is 1.10 bits per heavy atom. The maximum Gasteiger partial charge on any atom is 0.500 e. The molecular formula is C14H31NO4Si. The molecule has 2 rings (SSSR count). The first-order valence-corrected chi connectivity index (χ1v) is 9.58. The van der Waals surface area contributed by atoms with Gasteiger partial charge in [-0.2, -0.15) is 0 Å². The molecule has 0 aromatic carbocycles. The normalized spacial score (nSPS) is 28.4. The van der Waals surface area contributed by atoms with Crippen molar-refractivity contribution in [2.24, 2.45) is 11.7 Å². The first-order valence-electron chi connectivity index (χ1n) is 7.65. The largest absolute Gasteiger partial charge is 0.500 e. The lowest BCUT2D eigenvalue weighted by molar-refractivity contribution is 0.120. The van der Waals surface area contributed by atoms with Gasteiger partial charge in [0.25, 0.3) is 0 Å². The van der Waals surface area contributed by atoms with Gasteiger partial charge in [0.2, 0.25) is 0 Å². The first-order chi connectivity index (χ1) is 9.64. The third-order valence-corrected chi connectivity index (χ3v) is 6.96. The second kappa shape index (κ2) is 9.12. The standard InChI is InChI=1S/C11H22O4Si.C3H9N/c1-12-16(13-2,14-3)7-6-9-4-5-10-11(8-9)15-10;1-2-3-4/h9-11H,4-8H2,1-3H3;2-4H2,1H3. The number of rotatable bonds is 7. The number of nitrogens with two attached hydrogens (primary N) is 1. The van der Waals surface area contributed by atoms with Gasteiger partial charge in [-0.1, -0.05) is 6.92 Å². The molecule has 5 nitrogen and oxygen atoms in total. The summed E-state index contributed by atoms with van der Waals surface area (Å²) in [6, 6.07) is 0.915. The van der Waals surface area contributed by atoms with Crippen LogP contribution in [-0.4, -0.2) is 48.9 Å². The molecule has 1 aliphatic carbocycles. The quantitative estimate of drug-likeness (QED) is 0.577. The van der Waals surface area contributed by atoms with Crippen molar-refractivity contribution in [2.45, 2.75) is 57.3 Å². The predicted octanol–water partition coefficient (Wildman–Crippen LogP) is 2.18. The monoisotopic (exact) mass is 305 g/mol. The molecule has 1 aliphatic heterocycles. The summed E-state index contributed by atoms with van der Waals surface area (Å²) in [4.78, 5) is 0. The fourth-order valence-electron chi connectivity index (χ4n) is 2.69. The summed E-state index contributed by atoms with van der Waals surface area (Å²) in [6.07, 6.45) is 7.10. The molecule has 2 aliphatic rings. The van der Waals surface area contributed by atoms with E-state index < -0.39 is 8.80 Å².